The maximum Gasteiger partial charge on any atom is 0.217 e. The van der Waals surface area contributed by atoms with Crippen LogP contribution in [0.15, 0.2) is 29.4 Å². The van der Waals surface area contributed by atoms with E-state index in [1.165, 1.54) is 5.56 Å². The maximum atomic E-state index is 11.2. The topological polar surface area (TPSA) is 46.9 Å². The molecule has 1 aromatic carbocycles. The van der Waals surface area contributed by atoms with Crippen molar-refractivity contribution in [3.05, 3.63) is 35.5 Å². The predicted molar refractivity (Wildman–Crippen MR) is 80.6 cm³/mol. The fourth-order valence-electron chi connectivity index (χ4n) is 2.36. The molecule has 0 radical (unpaired) electrons. The summed E-state index contributed by atoms with van der Waals surface area (Å²) in [5.41, 5.74) is 4.43. The van der Waals surface area contributed by atoms with Gasteiger partial charge in [-0.2, -0.15) is 0 Å². The van der Waals surface area contributed by atoms with Crippen LogP contribution < -0.4 is 5.32 Å². The third-order valence-electron chi connectivity index (χ3n) is 3.41. The number of aromatic nitrogens is 2. The van der Waals surface area contributed by atoms with Crippen molar-refractivity contribution in [2.45, 2.75) is 32.1 Å². The van der Waals surface area contributed by atoms with Crippen molar-refractivity contribution in [3.8, 4) is 11.3 Å². The molecule has 1 aliphatic rings. The van der Waals surface area contributed by atoms with Crippen molar-refractivity contribution in [1.82, 2.24) is 14.9 Å². The average Bonchev–Trinajstić information content (AvgIpc) is 2.98. The molecule has 0 saturated heterocycles. The number of imidazole rings is 1. The normalized spacial score (nSPS) is 13.3. The van der Waals surface area contributed by atoms with Gasteiger partial charge < -0.3 is 9.88 Å². The van der Waals surface area contributed by atoms with E-state index in [4.69, 9.17) is 4.98 Å². The van der Waals surface area contributed by atoms with Crippen molar-refractivity contribution < 1.29 is 4.79 Å². The van der Waals surface area contributed by atoms with E-state index in [1.807, 2.05) is 0 Å². The summed E-state index contributed by atoms with van der Waals surface area (Å²) in [5.74, 6) is 1.05. The van der Waals surface area contributed by atoms with Crippen LogP contribution in [0.25, 0.3) is 11.3 Å². The lowest BCUT2D eigenvalue weighted by molar-refractivity contribution is -0.119. The van der Waals surface area contributed by atoms with E-state index in [2.05, 4.69) is 41.1 Å². The number of benzene rings is 1. The molecule has 104 valence electrons. The van der Waals surface area contributed by atoms with Crippen LogP contribution in [-0.4, -0.2) is 21.2 Å². The Morgan fingerprint density at radius 3 is 2.85 bits per heavy atom. The Labute approximate surface area is 122 Å². The van der Waals surface area contributed by atoms with E-state index in [9.17, 15) is 4.79 Å². The van der Waals surface area contributed by atoms with Gasteiger partial charge >= 0.3 is 0 Å². The number of carbonyl (C=O) groups excluding carboxylic acids is 1. The van der Waals surface area contributed by atoms with E-state index in [0.29, 0.717) is 6.54 Å². The Bertz CT molecular complexity index is 646. The third kappa shape index (κ3) is 2.45. The number of hydrogen-bond donors (Lipinski definition) is 1. The molecule has 1 amide bonds. The van der Waals surface area contributed by atoms with E-state index >= 15 is 0 Å². The number of nitrogens with one attached hydrogen (secondary N) is 1. The molecule has 20 heavy (non-hydrogen) atoms. The molecule has 0 aliphatic carbocycles. The number of carbonyl (C=O) groups is 1. The summed E-state index contributed by atoms with van der Waals surface area (Å²) in [6, 6.07) is 8.37. The summed E-state index contributed by atoms with van der Waals surface area (Å²) in [5, 5.41) is 3.95. The quantitative estimate of drug-likeness (QED) is 0.944. The van der Waals surface area contributed by atoms with Gasteiger partial charge in [0, 0.05) is 24.8 Å². The number of amides is 1. The molecule has 1 aromatic heterocycles. The molecule has 0 spiro atoms. The number of rotatable bonds is 3. The van der Waals surface area contributed by atoms with Crippen molar-refractivity contribution in [1.29, 1.82) is 0 Å². The second-order valence-electron chi connectivity index (χ2n) is 4.97. The van der Waals surface area contributed by atoms with E-state index in [1.54, 1.807) is 18.7 Å². The molecule has 0 fully saturated rings. The highest BCUT2D eigenvalue weighted by atomic mass is 32.2. The van der Waals surface area contributed by atoms with Crippen molar-refractivity contribution >= 4 is 17.7 Å². The summed E-state index contributed by atoms with van der Waals surface area (Å²) < 4.78 is 2.22. The summed E-state index contributed by atoms with van der Waals surface area (Å²) in [6.07, 6.45) is 0. The van der Waals surface area contributed by atoms with Gasteiger partial charge in [0.05, 0.1) is 17.9 Å². The number of thioether (sulfide) groups is 1. The Kier molecular flexibility index (Phi) is 3.53. The van der Waals surface area contributed by atoms with E-state index in [0.717, 1.165) is 34.4 Å². The van der Waals surface area contributed by atoms with Gasteiger partial charge in [0.2, 0.25) is 5.91 Å². The summed E-state index contributed by atoms with van der Waals surface area (Å²) in [7, 11) is 0. The molecular formula is C15H17N3OS. The maximum absolute atomic E-state index is 11.2. The highest BCUT2D eigenvalue weighted by molar-refractivity contribution is 7.99. The van der Waals surface area contributed by atoms with Gasteiger partial charge in [-0.25, -0.2) is 4.98 Å². The molecule has 1 aliphatic heterocycles. The zero-order valence-electron chi connectivity index (χ0n) is 11.6. The SMILES string of the molecule is CC(=O)NCc1c(-c2ccc(C)cc2)nc2n1CCS2. The van der Waals surface area contributed by atoms with Gasteiger partial charge in [-0.05, 0) is 6.92 Å². The highest BCUT2D eigenvalue weighted by Crippen LogP contribution is 2.33. The standard InChI is InChI=1S/C15H17N3OS/c1-10-3-5-12(6-4-10)14-13(9-16-11(2)19)18-7-8-20-15(18)17-14/h3-6H,7-9H2,1-2H3,(H,16,19). The van der Waals surface area contributed by atoms with Crippen molar-refractivity contribution in [2.75, 3.05) is 5.75 Å². The lowest BCUT2D eigenvalue weighted by Crippen LogP contribution is -2.21. The third-order valence-corrected chi connectivity index (χ3v) is 4.37. The Morgan fingerprint density at radius 1 is 1.40 bits per heavy atom. The van der Waals surface area contributed by atoms with Gasteiger partial charge in [-0.1, -0.05) is 41.6 Å². The molecule has 0 unspecified atom stereocenters. The monoisotopic (exact) mass is 287 g/mol. The first-order valence-corrected chi connectivity index (χ1v) is 7.67. The number of fused-ring (bicyclic) bond motifs is 1. The Hall–Kier alpha value is -1.75. The summed E-state index contributed by atoms with van der Waals surface area (Å²) in [4.78, 5) is 15.9. The lowest BCUT2D eigenvalue weighted by Gasteiger charge is -2.08. The number of hydrogen-bond acceptors (Lipinski definition) is 3. The zero-order chi connectivity index (χ0) is 14.1. The first-order chi connectivity index (χ1) is 9.65. The molecular weight excluding hydrogens is 270 g/mol. The minimum atomic E-state index is -0.0129. The molecule has 3 rings (SSSR count). The molecule has 2 aromatic rings. The van der Waals surface area contributed by atoms with Crippen LogP contribution in [0.3, 0.4) is 0 Å². The molecule has 0 saturated carbocycles. The van der Waals surface area contributed by atoms with Crippen LogP contribution in [0.4, 0.5) is 0 Å². The Balaban J connectivity index is 2.01. The molecule has 0 atom stereocenters. The minimum absolute atomic E-state index is 0.0129. The van der Waals surface area contributed by atoms with Crippen LogP contribution in [0.1, 0.15) is 18.2 Å². The van der Waals surface area contributed by atoms with Gasteiger partial charge in [0.15, 0.2) is 5.16 Å². The average molecular weight is 287 g/mol. The fourth-order valence-corrected chi connectivity index (χ4v) is 3.33. The zero-order valence-corrected chi connectivity index (χ0v) is 12.5. The van der Waals surface area contributed by atoms with Crippen LogP contribution in [0.5, 0.6) is 0 Å². The van der Waals surface area contributed by atoms with Crippen LogP contribution in [0, 0.1) is 6.92 Å². The van der Waals surface area contributed by atoms with Crippen LogP contribution >= 0.6 is 11.8 Å². The van der Waals surface area contributed by atoms with Crippen LogP contribution in [0.2, 0.25) is 0 Å². The molecule has 2 heterocycles. The second-order valence-corrected chi connectivity index (χ2v) is 6.03. The largest absolute Gasteiger partial charge is 0.351 e. The highest BCUT2D eigenvalue weighted by Gasteiger charge is 2.22. The summed E-state index contributed by atoms with van der Waals surface area (Å²) >= 11 is 1.77. The molecule has 5 heteroatoms. The van der Waals surface area contributed by atoms with Crippen molar-refractivity contribution in [2.24, 2.45) is 0 Å². The van der Waals surface area contributed by atoms with Crippen LogP contribution in [-0.2, 0) is 17.9 Å². The van der Waals surface area contributed by atoms with Gasteiger partial charge in [-0.15, -0.1) is 0 Å². The first-order valence-electron chi connectivity index (χ1n) is 6.69. The fraction of sp³-hybridized carbons (Fsp3) is 0.333. The van der Waals surface area contributed by atoms with E-state index in [-0.39, 0.29) is 5.91 Å². The van der Waals surface area contributed by atoms with Gasteiger partial charge in [0.25, 0.3) is 0 Å². The lowest BCUT2D eigenvalue weighted by atomic mass is 10.1. The first kappa shape index (κ1) is 13.2. The van der Waals surface area contributed by atoms with Gasteiger partial charge in [0.1, 0.15) is 0 Å². The Morgan fingerprint density at radius 2 is 2.15 bits per heavy atom. The second kappa shape index (κ2) is 5.32. The molecule has 4 nitrogen and oxygen atoms in total. The molecule has 1 N–H and O–H groups in total. The molecule has 0 bridgehead atoms. The van der Waals surface area contributed by atoms with E-state index < -0.39 is 0 Å². The predicted octanol–water partition coefficient (Wildman–Crippen LogP) is 2.60. The number of aryl methyl sites for hydroxylation is 1. The summed E-state index contributed by atoms with van der Waals surface area (Å²) in [6.45, 7) is 5.12. The smallest absolute Gasteiger partial charge is 0.217 e. The minimum Gasteiger partial charge on any atom is -0.351 e. The van der Waals surface area contributed by atoms with Crippen molar-refractivity contribution in [3.63, 3.8) is 0 Å². The van der Waals surface area contributed by atoms with Gasteiger partial charge in [-0.3, -0.25) is 4.79 Å². The number of nitrogens with zero attached hydrogens (tertiary/aromatic N) is 2.